The molecule has 4 heterocycles. The van der Waals surface area contributed by atoms with Gasteiger partial charge in [-0.2, -0.15) is 0 Å². The largest absolute Gasteiger partial charge is 0.309 e. The summed E-state index contributed by atoms with van der Waals surface area (Å²) in [4.78, 5) is 21.7. The van der Waals surface area contributed by atoms with Crippen LogP contribution in [0.1, 0.15) is 34.0 Å². The van der Waals surface area contributed by atoms with Crippen LogP contribution in [0.15, 0.2) is 154 Å². The number of benzene rings is 4. The minimum atomic E-state index is -0.154. The SMILES string of the molecule is O=c1/c(=C\c2cc(-c3ccccc3)n(-c3ccccc3)c2-c2ccccc2)sc2n1[C@@H](c1cccs1)C1=C(N=2)c2ccccc2CC1. The molecule has 0 saturated heterocycles. The molecule has 3 aromatic heterocycles. The number of fused-ring (bicyclic) bond motifs is 3. The Hall–Kier alpha value is -5.30. The first-order chi connectivity index (χ1) is 23.2. The Morgan fingerprint density at radius 3 is 2.19 bits per heavy atom. The Balaban J connectivity index is 1.32. The minimum Gasteiger partial charge on any atom is -0.309 e. The molecule has 4 aromatic carbocycles. The van der Waals surface area contributed by atoms with Crippen molar-refractivity contribution in [2.24, 2.45) is 4.99 Å². The maximum absolute atomic E-state index is 14.6. The second-order valence-corrected chi connectivity index (χ2v) is 13.9. The van der Waals surface area contributed by atoms with Gasteiger partial charge in [0.05, 0.1) is 27.7 Å². The van der Waals surface area contributed by atoms with Crippen LogP contribution in [-0.4, -0.2) is 9.13 Å². The highest BCUT2D eigenvalue weighted by atomic mass is 32.1. The third-order valence-electron chi connectivity index (χ3n) is 9.13. The highest BCUT2D eigenvalue weighted by Gasteiger charge is 2.33. The summed E-state index contributed by atoms with van der Waals surface area (Å²) in [7, 11) is 0. The number of rotatable bonds is 5. The molecule has 226 valence electrons. The molecule has 9 rings (SSSR count). The van der Waals surface area contributed by atoms with Crippen molar-refractivity contribution in [1.29, 1.82) is 0 Å². The maximum atomic E-state index is 14.6. The van der Waals surface area contributed by atoms with Gasteiger partial charge in [-0.25, -0.2) is 4.99 Å². The van der Waals surface area contributed by atoms with E-state index >= 15 is 0 Å². The molecule has 2 aliphatic rings. The first-order valence-corrected chi connectivity index (χ1v) is 17.5. The number of aryl methyl sites for hydroxylation is 1. The highest BCUT2D eigenvalue weighted by Crippen LogP contribution is 2.42. The predicted molar refractivity (Wildman–Crippen MR) is 194 cm³/mol. The van der Waals surface area contributed by atoms with Gasteiger partial charge in [-0.3, -0.25) is 9.36 Å². The molecule has 7 aromatic rings. The lowest BCUT2D eigenvalue weighted by Crippen LogP contribution is -2.38. The van der Waals surface area contributed by atoms with Crippen LogP contribution in [-0.2, 0) is 6.42 Å². The average Bonchev–Trinajstić information content (AvgIpc) is 3.87. The van der Waals surface area contributed by atoms with Gasteiger partial charge in [-0.1, -0.05) is 121 Å². The molecular weight excluding hydrogens is 615 g/mol. The van der Waals surface area contributed by atoms with Crippen LogP contribution in [0.2, 0.25) is 0 Å². The fourth-order valence-electron chi connectivity index (χ4n) is 7.06. The van der Waals surface area contributed by atoms with E-state index in [-0.39, 0.29) is 11.6 Å². The van der Waals surface area contributed by atoms with E-state index in [1.54, 1.807) is 11.3 Å². The standard InChI is InChI=1S/C41H29N3OS2/c45-40-36(47-41-42-37-32-20-11-10-13-27(32)22-23-33(37)39(44(40)41)35-21-12-24-46-35)26-30-25-34(28-14-4-1-5-15-28)43(31-18-8-3-9-19-31)38(30)29-16-6-2-7-17-29/h1-21,24-26,39H,22-23H2/b36-26+/t39-/m1/s1. The van der Waals surface area contributed by atoms with E-state index in [1.807, 2.05) is 22.8 Å². The first kappa shape index (κ1) is 28.0. The smallest absolute Gasteiger partial charge is 0.271 e. The molecule has 6 heteroatoms. The third kappa shape index (κ3) is 4.72. The first-order valence-electron chi connectivity index (χ1n) is 15.8. The number of thiophene rings is 1. The van der Waals surface area contributed by atoms with Gasteiger partial charge < -0.3 is 4.57 Å². The van der Waals surface area contributed by atoms with Crippen molar-refractivity contribution >= 4 is 34.4 Å². The van der Waals surface area contributed by atoms with Crippen LogP contribution in [0.5, 0.6) is 0 Å². The van der Waals surface area contributed by atoms with E-state index in [9.17, 15) is 4.79 Å². The summed E-state index contributed by atoms with van der Waals surface area (Å²) in [5, 5.41) is 2.10. The van der Waals surface area contributed by atoms with Crippen molar-refractivity contribution in [3.8, 4) is 28.2 Å². The monoisotopic (exact) mass is 643 g/mol. The molecule has 0 amide bonds. The normalized spacial score (nSPS) is 15.6. The summed E-state index contributed by atoms with van der Waals surface area (Å²) in [6.07, 6.45) is 3.92. The second-order valence-electron chi connectivity index (χ2n) is 11.9. The molecule has 0 bridgehead atoms. The zero-order valence-corrected chi connectivity index (χ0v) is 27.0. The number of para-hydroxylation sites is 1. The summed E-state index contributed by atoms with van der Waals surface area (Å²) in [5.41, 5.74) is 11.1. The van der Waals surface area contributed by atoms with Crippen LogP contribution in [0.3, 0.4) is 0 Å². The van der Waals surface area contributed by atoms with Crippen molar-refractivity contribution in [2.75, 3.05) is 0 Å². The lowest BCUT2D eigenvalue weighted by Gasteiger charge is -2.30. The van der Waals surface area contributed by atoms with Crippen LogP contribution < -0.4 is 14.9 Å². The molecule has 0 spiro atoms. The van der Waals surface area contributed by atoms with E-state index in [4.69, 9.17) is 4.99 Å². The lowest BCUT2D eigenvalue weighted by atomic mass is 9.85. The van der Waals surface area contributed by atoms with E-state index in [1.165, 1.54) is 32.9 Å². The summed E-state index contributed by atoms with van der Waals surface area (Å²) in [5.74, 6) is 0. The Morgan fingerprint density at radius 1 is 0.745 bits per heavy atom. The quantitative estimate of drug-likeness (QED) is 0.185. The van der Waals surface area contributed by atoms with Gasteiger partial charge in [-0.15, -0.1) is 11.3 Å². The molecule has 0 unspecified atom stereocenters. The molecule has 1 aliphatic heterocycles. The molecular formula is C41H29N3OS2. The van der Waals surface area contributed by atoms with E-state index < -0.39 is 0 Å². The van der Waals surface area contributed by atoms with Gasteiger partial charge in [0, 0.05) is 21.7 Å². The zero-order chi connectivity index (χ0) is 31.3. The van der Waals surface area contributed by atoms with E-state index in [0.717, 1.165) is 57.1 Å². The van der Waals surface area contributed by atoms with Crippen molar-refractivity contribution in [1.82, 2.24) is 9.13 Å². The van der Waals surface area contributed by atoms with Crippen molar-refractivity contribution in [3.63, 3.8) is 0 Å². The molecule has 0 N–H and O–H groups in total. The Labute approximate surface area is 280 Å². The fourth-order valence-corrected chi connectivity index (χ4v) is 8.90. The van der Waals surface area contributed by atoms with Gasteiger partial charge in [-0.05, 0) is 70.8 Å². The van der Waals surface area contributed by atoms with Crippen molar-refractivity contribution in [2.45, 2.75) is 18.9 Å². The number of thiazole rings is 1. The Morgan fingerprint density at radius 2 is 1.45 bits per heavy atom. The maximum Gasteiger partial charge on any atom is 0.271 e. The molecule has 4 nitrogen and oxygen atoms in total. The molecule has 47 heavy (non-hydrogen) atoms. The Kier molecular flexibility index (Phi) is 6.84. The topological polar surface area (TPSA) is 39.3 Å². The molecule has 1 atom stereocenters. The highest BCUT2D eigenvalue weighted by molar-refractivity contribution is 7.10. The summed E-state index contributed by atoms with van der Waals surface area (Å²) in [6.45, 7) is 0. The fraction of sp³-hybridized carbons (Fsp3) is 0.0732. The molecule has 0 radical (unpaired) electrons. The van der Waals surface area contributed by atoms with Crippen LogP contribution in [0, 0.1) is 0 Å². The number of hydrogen-bond acceptors (Lipinski definition) is 4. The van der Waals surface area contributed by atoms with Crippen LogP contribution in [0.4, 0.5) is 0 Å². The second kappa shape index (κ2) is 11.5. The summed E-state index contributed by atoms with van der Waals surface area (Å²) >= 11 is 3.20. The van der Waals surface area contributed by atoms with Gasteiger partial charge in [0.25, 0.3) is 5.56 Å². The van der Waals surface area contributed by atoms with Crippen molar-refractivity contribution in [3.05, 3.63) is 186 Å². The predicted octanol–water partition coefficient (Wildman–Crippen LogP) is 8.50. The average molecular weight is 644 g/mol. The summed E-state index contributed by atoms with van der Waals surface area (Å²) in [6, 6.07) is 46.3. The molecule has 0 fully saturated rings. The van der Waals surface area contributed by atoms with Crippen molar-refractivity contribution < 1.29 is 0 Å². The van der Waals surface area contributed by atoms with Gasteiger partial charge >= 0.3 is 0 Å². The number of nitrogens with zero attached hydrogens (tertiary/aromatic N) is 3. The van der Waals surface area contributed by atoms with E-state index in [0.29, 0.717) is 4.53 Å². The zero-order valence-electron chi connectivity index (χ0n) is 25.4. The number of aromatic nitrogens is 2. The van der Waals surface area contributed by atoms with Crippen LogP contribution in [0.25, 0.3) is 40.0 Å². The van der Waals surface area contributed by atoms with Gasteiger partial charge in [0.2, 0.25) is 0 Å². The van der Waals surface area contributed by atoms with Gasteiger partial charge in [0.1, 0.15) is 0 Å². The third-order valence-corrected chi connectivity index (χ3v) is 11.0. The summed E-state index contributed by atoms with van der Waals surface area (Å²) < 4.78 is 4.95. The number of hydrogen-bond donors (Lipinski definition) is 0. The molecule has 0 saturated carbocycles. The molecule has 1 aliphatic carbocycles. The van der Waals surface area contributed by atoms with Gasteiger partial charge in [0.15, 0.2) is 4.80 Å². The van der Waals surface area contributed by atoms with Crippen LogP contribution >= 0.6 is 22.7 Å². The number of allylic oxidation sites excluding steroid dienone is 1. The Bertz CT molecular complexity index is 2470. The minimum absolute atomic E-state index is 0.00490. The van der Waals surface area contributed by atoms with E-state index in [2.05, 4.69) is 131 Å². The lowest BCUT2D eigenvalue weighted by molar-refractivity contribution is 0.593.